The van der Waals surface area contributed by atoms with E-state index in [9.17, 15) is 23.1 Å². The number of benzene rings is 2. The zero-order valence-corrected chi connectivity index (χ0v) is 22.6. The van der Waals surface area contributed by atoms with Gasteiger partial charge in [0.15, 0.2) is 5.78 Å². The standard InChI is InChI=1S/C20H25ClN2O5.C6H6O3S/c1-3-28-20(26)19-15(11-27-9-8-22)23-12(2)17(16(25)10-24)18(19)13-6-4-5-7-14(13)21;7-10(8,9)6-4-2-1-3-5-6/h4-7,18,23-24H,3,8-11,22H2,1-2H3;1-5H,(H,7,8,9). The molecule has 38 heavy (non-hydrogen) atoms. The molecule has 1 heterocycles. The van der Waals surface area contributed by atoms with Crippen molar-refractivity contribution >= 4 is 33.5 Å². The zero-order valence-electron chi connectivity index (χ0n) is 21.0. The van der Waals surface area contributed by atoms with Crippen LogP contribution in [0.3, 0.4) is 0 Å². The third-order valence-electron chi connectivity index (χ3n) is 5.35. The van der Waals surface area contributed by atoms with E-state index in [1.54, 1.807) is 56.3 Å². The summed E-state index contributed by atoms with van der Waals surface area (Å²) in [6.07, 6.45) is 0. The molecule has 0 saturated heterocycles. The van der Waals surface area contributed by atoms with Gasteiger partial charge >= 0.3 is 5.97 Å². The minimum atomic E-state index is -4.00. The molecule has 0 amide bonds. The van der Waals surface area contributed by atoms with Crippen LogP contribution in [0, 0.1) is 0 Å². The minimum Gasteiger partial charge on any atom is -0.463 e. The summed E-state index contributed by atoms with van der Waals surface area (Å²) in [4.78, 5) is 25.3. The van der Waals surface area contributed by atoms with E-state index in [4.69, 9.17) is 31.4 Å². The van der Waals surface area contributed by atoms with Crippen molar-refractivity contribution < 1.29 is 37.1 Å². The Labute approximate surface area is 226 Å². The minimum absolute atomic E-state index is 0.0741. The van der Waals surface area contributed by atoms with Gasteiger partial charge in [0, 0.05) is 28.8 Å². The highest BCUT2D eigenvalue weighted by Crippen LogP contribution is 2.41. The molecule has 0 aromatic heterocycles. The van der Waals surface area contributed by atoms with Crippen LogP contribution in [0.2, 0.25) is 5.02 Å². The van der Waals surface area contributed by atoms with E-state index in [0.29, 0.717) is 35.1 Å². The number of dihydropyridines is 1. The van der Waals surface area contributed by atoms with Crippen molar-refractivity contribution in [3.05, 3.63) is 87.7 Å². The molecule has 0 fully saturated rings. The Morgan fingerprint density at radius 2 is 1.71 bits per heavy atom. The maximum atomic E-state index is 12.9. The number of Topliss-reactive ketones (excluding diaryl/α,β-unsaturated/α-hetero) is 1. The lowest BCUT2D eigenvalue weighted by Gasteiger charge is -2.32. The van der Waals surface area contributed by atoms with E-state index in [1.165, 1.54) is 12.1 Å². The van der Waals surface area contributed by atoms with Crippen molar-refractivity contribution in [1.82, 2.24) is 5.32 Å². The van der Waals surface area contributed by atoms with Crippen LogP contribution >= 0.6 is 11.6 Å². The lowest BCUT2D eigenvalue weighted by Crippen LogP contribution is -2.35. The van der Waals surface area contributed by atoms with Gasteiger partial charge in [-0.2, -0.15) is 8.42 Å². The third kappa shape index (κ3) is 8.22. The van der Waals surface area contributed by atoms with Gasteiger partial charge in [-0.15, -0.1) is 0 Å². The fraction of sp³-hybridized carbons (Fsp3) is 0.308. The van der Waals surface area contributed by atoms with E-state index >= 15 is 0 Å². The molecule has 0 aliphatic carbocycles. The second-order valence-corrected chi connectivity index (χ2v) is 9.77. The molecule has 0 spiro atoms. The normalized spacial score (nSPS) is 15.4. The van der Waals surface area contributed by atoms with Crippen LogP contribution in [0.1, 0.15) is 25.3 Å². The van der Waals surface area contributed by atoms with Crippen LogP contribution in [-0.2, 0) is 29.2 Å². The van der Waals surface area contributed by atoms with Gasteiger partial charge in [0.25, 0.3) is 10.1 Å². The number of carbonyl (C=O) groups is 2. The van der Waals surface area contributed by atoms with Crippen LogP contribution < -0.4 is 11.1 Å². The molecule has 1 atom stereocenters. The van der Waals surface area contributed by atoms with Crippen molar-refractivity contribution in [3.8, 4) is 0 Å². The average Bonchev–Trinajstić information content (AvgIpc) is 2.89. The van der Waals surface area contributed by atoms with E-state index in [-0.39, 0.29) is 29.3 Å². The van der Waals surface area contributed by atoms with Crippen molar-refractivity contribution in [2.75, 3.05) is 33.0 Å². The van der Waals surface area contributed by atoms with Crippen LogP contribution in [0.5, 0.6) is 0 Å². The predicted molar refractivity (Wildman–Crippen MR) is 142 cm³/mol. The van der Waals surface area contributed by atoms with Crippen LogP contribution in [0.25, 0.3) is 0 Å². The molecule has 3 rings (SSSR count). The summed E-state index contributed by atoms with van der Waals surface area (Å²) in [6, 6.07) is 14.4. The van der Waals surface area contributed by atoms with Gasteiger partial charge < -0.3 is 25.6 Å². The second-order valence-electron chi connectivity index (χ2n) is 7.94. The average molecular weight is 567 g/mol. The van der Waals surface area contributed by atoms with Gasteiger partial charge in [-0.25, -0.2) is 4.79 Å². The summed E-state index contributed by atoms with van der Waals surface area (Å²) in [5, 5.41) is 13.0. The number of ketones is 1. The number of ether oxygens (including phenoxy) is 2. The number of esters is 1. The van der Waals surface area contributed by atoms with E-state index in [0.717, 1.165) is 0 Å². The fourth-order valence-corrected chi connectivity index (χ4v) is 4.53. The molecule has 0 saturated carbocycles. The van der Waals surface area contributed by atoms with Crippen LogP contribution in [-0.4, -0.2) is 62.8 Å². The van der Waals surface area contributed by atoms with E-state index in [1.807, 2.05) is 0 Å². The maximum Gasteiger partial charge on any atom is 0.336 e. The number of aliphatic hydroxyl groups excluding tert-OH is 1. The molecule has 10 nitrogen and oxygen atoms in total. The van der Waals surface area contributed by atoms with Crippen molar-refractivity contribution in [1.29, 1.82) is 0 Å². The van der Waals surface area contributed by atoms with Gasteiger partial charge in [-0.3, -0.25) is 9.35 Å². The predicted octanol–water partition coefficient (Wildman–Crippen LogP) is 2.59. The first kappa shape index (κ1) is 31.2. The largest absolute Gasteiger partial charge is 0.463 e. The summed E-state index contributed by atoms with van der Waals surface area (Å²) >= 11 is 6.40. The molecule has 206 valence electrons. The first-order valence-corrected chi connectivity index (χ1v) is 13.4. The fourth-order valence-electron chi connectivity index (χ4n) is 3.79. The van der Waals surface area contributed by atoms with E-state index < -0.39 is 34.4 Å². The maximum absolute atomic E-state index is 12.9. The number of rotatable bonds is 10. The van der Waals surface area contributed by atoms with Gasteiger partial charge in [0.2, 0.25) is 0 Å². The van der Waals surface area contributed by atoms with Gasteiger partial charge in [0.05, 0.1) is 36.0 Å². The number of nitrogens with one attached hydrogen (secondary N) is 1. The Morgan fingerprint density at radius 3 is 2.24 bits per heavy atom. The number of halogens is 1. The Kier molecular flexibility index (Phi) is 12.1. The smallest absolute Gasteiger partial charge is 0.336 e. The van der Waals surface area contributed by atoms with Crippen LogP contribution in [0.4, 0.5) is 0 Å². The molecule has 2 aromatic carbocycles. The molecule has 12 heteroatoms. The third-order valence-corrected chi connectivity index (χ3v) is 6.56. The number of nitrogens with two attached hydrogens (primary N) is 1. The summed E-state index contributed by atoms with van der Waals surface area (Å²) < 4.78 is 40.0. The van der Waals surface area contributed by atoms with Gasteiger partial charge in [0.1, 0.15) is 6.61 Å². The molecule has 2 aromatic rings. The SMILES string of the molecule is CCOC(=O)C1=C(COCCN)NC(C)=C(C(=O)CO)C1c1ccccc1Cl.O=S(=O)(O)c1ccccc1. The number of carbonyl (C=O) groups excluding carboxylic acids is 2. The van der Waals surface area contributed by atoms with Crippen molar-refractivity contribution in [3.63, 3.8) is 0 Å². The number of hydrogen-bond donors (Lipinski definition) is 4. The summed E-state index contributed by atoms with van der Waals surface area (Å²) in [7, 11) is -4.00. The Hall–Kier alpha value is -3.06. The molecular weight excluding hydrogens is 536 g/mol. The number of allylic oxidation sites excluding steroid dienone is 1. The van der Waals surface area contributed by atoms with Gasteiger partial charge in [-0.1, -0.05) is 48.0 Å². The molecule has 1 aliphatic rings. The quantitative estimate of drug-likeness (QED) is 0.191. The van der Waals surface area contributed by atoms with Crippen molar-refractivity contribution in [2.45, 2.75) is 24.7 Å². The Bertz CT molecular complexity index is 1290. The monoisotopic (exact) mass is 566 g/mol. The summed E-state index contributed by atoms with van der Waals surface area (Å²) in [6.45, 7) is 3.61. The highest BCUT2D eigenvalue weighted by Gasteiger charge is 2.38. The Balaban J connectivity index is 0.000000423. The molecule has 0 bridgehead atoms. The molecule has 0 radical (unpaired) electrons. The topological polar surface area (TPSA) is 165 Å². The molecule has 5 N–H and O–H groups in total. The van der Waals surface area contributed by atoms with Gasteiger partial charge in [-0.05, 0) is 37.6 Å². The van der Waals surface area contributed by atoms with E-state index in [2.05, 4.69) is 5.32 Å². The highest BCUT2D eigenvalue weighted by atomic mass is 35.5. The second kappa shape index (κ2) is 14.8. The first-order valence-electron chi connectivity index (χ1n) is 11.6. The Morgan fingerprint density at radius 1 is 1.08 bits per heavy atom. The highest BCUT2D eigenvalue weighted by molar-refractivity contribution is 7.85. The number of aliphatic hydroxyl groups is 1. The lowest BCUT2D eigenvalue weighted by molar-refractivity contribution is -0.139. The molecular formula is C26H31ClN2O8S. The number of hydrogen-bond acceptors (Lipinski definition) is 9. The van der Waals surface area contributed by atoms with Crippen LogP contribution in [0.15, 0.2) is 82.0 Å². The first-order chi connectivity index (χ1) is 18.1. The zero-order chi connectivity index (χ0) is 28.3. The summed E-state index contributed by atoms with van der Waals surface area (Å²) in [5.74, 6) is -1.87. The molecule has 1 unspecified atom stereocenters. The summed E-state index contributed by atoms with van der Waals surface area (Å²) in [5.41, 5.74) is 7.54. The molecule has 1 aliphatic heterocycles. The lowest BCUT2D eigenvalue weighted by atomic mass is 9.78. The van der Waals surface area contributed by atoms with Crippen molar-refractivity contribution in [2.24, 2.45) is 5.73 Å².